The van der Waals surface area contributed by atoms with Gasteiger partial charge in [-0.25, -0.2) is 0 Å². The van der Waals surface area contributed by atoms with Crippen LogP contribution in [-0.2, 0) is 4.79 Å². The van der Waals surface area contributed by atoms with Crippen LogP contribution in [0.2, 0.25) is 0 Å². The summed E-state index contributed by atoms with van der Waals surface area (Å²) in [6.07, 6.45) is 1.88. The van der Waals surface area contributed by atoms with E-state index in [9.17, 15) is 4.79 Å². The van der Waals surface area contributed by atoms with E-state index in [1.807, 2.05) is 30.3 Å². The molecule has 0 aliphatic rings. The Kier molecular flexibility index (Phi) is 3.57. The lowest BCUT2D eigenvalue weighted by Gasteiger charge is -2.06. The van der Waals surface area contributed by atoms with Crippen LogP contribution in [0.5, 0.6) is 0 Å². The van der Waals surface area contributed by atoms with Crippen molar-refractivity contribution in [2.24, 2.45) is 0 Å². The first-order valence-electron chi connectivity index (χ1n) is 4.03. The van der Waals surface area contributed by atoms with Crippen molar-refractivity contribution >= 4 is 11.6 Å². The van der Waals surface area contributed by atoms with Gasteiger partial charge in [-0.2, -0.15) is 0 Å². The number of nitrogens with one attached hydrogen (secondary N) is 2. The van der Waals surface area contributed by atoms with Gasteiger partial charge in [-0.3, -0.25) is 15.6 Å². The van der Waals surface area contributed by atoms with Gasteiger partial charge in [-0.15, -0.1) is 6.58 Å². The highest BCUT2D eigenvalue weighted by molar-refractivity contribution is 5.78. The minimum Gasteiger partial charge on any atom is -0.299 e. The van der Waals surface area contributed by atoms with Gasteiger partial charge in [-0.1, -0.05) is 24.3 Å². The third-order valence-electron chi connectivity index (χ3n) is 1.45. The number of hydrogen-bond donors (Lipinski definition) is 2. The summed E-state index contributed by atoms with van der Waals surface area (Å²) in [6, 6.07) is 9.43. The van der Waals surface area contributed by atoms with E-state index >= 15 is 0 Å². The van der Waals surface area contributed by atoms with E-state index in [1.165, 1.54) is 0 Å². The van der Waals surface area contributed by atoms with Crippen LogP contribution in [0.4, 0.5) is 5.69 Å². The summed E-state index contributed by atoms with van der Waals surface area (Å²) in [5.41, 5.74) is 6.18. The van der Waals surface area contributed by atoms with Crippen LogP contribution in [0.3, 0.4) is 0 Å². The third-order valence-corrected chi connectivity index (χ3v) is 1.45. The van der Waals surface area contributed by atoms with Crippen molar-refractivity contribution in [1.82, 2.24) is 5.43 Å². The first-order chi connectivity index (χ1) is 6.33. The average molecular weight is 176 g/mol. The van der Waals surface area contributed by atoms with Gasteiger partial charge >= 0.3 is 0 Å². The Labute approximate surface area is 77.4 Å². The Morgan fingerprint density at radius 1 is 1.38 bits per heavy atom. The first-order valence-corrected chi connectivity index (χ1v) is 4.03. The number of amides is 1. The Bertz CT molecular complexity index is 282. The second-order valence-corrected chi connectivity index (χ2v) is 2.53. The maximum atomic E-state index is 11.0. The summed E-state index contributed by atoms with van der Waals surface area (Å²) in [5.74, 6) is -0.0983. The van der Waals surface area contributed by atoms with Crippen molar-refractivity contribution in [3.63, 3.8) is 0 Å². The van der Waals surface area contributed by atoms with E-state index in [0.717, 1.165) is 5.69 Å². The van der Waals surface area contributed by atoms with Crippen LogP contribution in [0.1, 0.15) is 6.42 Å². The Morgan fingerprint density at radius 3 is 2.69 bits per heavy atom. The molecule has 0 aliphatic carbocycles. The van der Waals surface area contributed by atoms with Gasteiger partial charge in [0.2, 0.25) is 5.91 Å². The second-order valence-electron chi connectivity index (χ2n) is 2.53. The summed E-state index contributed by atoms with van der Waals surface area (Å²) >= 11 is 0. The molecule has 1 rings (SSSR count). The van der Waals surface area contributed by atoms with Gasteiger partial charge in [-0.05, 0) is 12.1 Å². The van der Waals surface area contributed by atoms with Crippen LogP contribution < -0.4 is 10.9 Å². The molecule has 0 aliphatic heterocycles. The molecule has 13 heavy (non-hydrogen) atoms. The summed E-state index contributed by atoms with van der Waals surface area (Å²) in [4.78, 5) is 11.0. The highest BCUT2D eigenvalue weighted by atomic mass is 16.2. The quantitative estimate of drug-likeness (QED) is 0.541. The molecule has 0 aromatic heterocycles. The average Bonchev–Trinajstić information content (AvgIpc) is 2.17. The summed E-state index contributed by atoms with van der Waals surface area (Å²) in [7, 11) is 0. The smallest absolute Gasteiger partial charge is 0.242 e. The molecule has 0 atom stereocenters. The van der Waals surface area contributed by atoms with E-state index in [1.54, 1.807) is 6.08 Å². The van der Waals surface area contributed by atoms with Gasteiger partial charge in [0.1, 0.15) is 0 Å². The summed E-state index contributed by atoms with van der Waals surface area (Å²) < 4.78 is 0. The molecule has 0 unspecified atom stereocenters. The number of hydrogen-bond acceptors (Lipinski definition) is 2. The van der Waals surface area contributed by atoms with Crippen molar-refractivity contribution in [3.8, 4) is 0 Å². The lowest BCUT2D eigenvalue weighted by molar-refractivity contribution is -0.119. The van der Waals surface area contributed by atoms with Crippen LogP contribution in [0, 0.1) is 0 Å². The van der Waals surface area contributed by atoms with Crippen LogP contribution in [0.15, 0.2) is 43.0 Å². The zero-order valence-corrected chi connectivity index (χ0v) is 7.29. The summed E-state index contributed by atoms with van der Waals surface area (Å²) in [6.45, 7) is 3.47. The van der Waals surface area contributed by atoms with Crippen molar-refractivity contribution in [1.29, 1.82) is 0 Å². The normalized spacial score (nSPS) is 8.92. The molecule has 0 bridgehead atoms. The largest absolute Gasteiger partial charge is 0.299 e. The van der Waals surface area contributed by atoms with Crippen molar-refractivity contribution in [2.75, 3.05) is 5.43 Å². The molecule has 1 amide bonds. The molecule has 1 aromatic carbocycles. The maximum Gasteiger partial charge on any atom is 0.242 e. The Balaban J connectivity index is 2.35. The van der Waals surface area contributed by atoms with Gasteiger partial charge in [0, 0.05) is 6.42 Å². The van der Waals surface area contributed by atoms with Crippen molar-refractivity contribution < 1.29 is 4.79 Å². The second kappa shape index (κ2) is 4.98. The molecule has 0 saturated heterocycles. The number of hydrazine groups is 1. The molecule has 0 radical (unpaired) electrons. The van der Waals surface area contributed by atoms with Crippen molar-refractivity contribution in [2.45, 2.75) is 6.42 Å². The first kappa shape index (κ1) is 9.32. The van der Waals surface area contributed by atoms with Gasteiger partial charge < -0.3 is 0 Å². The number of rotatable bonds is 4. The van der Waals surface area contributed by atoms with Crippen LogP contribution in [-0.4, -0.2) is 5.91 Å². The van der Waals surface area contributed by atoms with Crippen LogP contribution in [0.25, 0.3) is 0 Å². The lowest BCUT2D eigenvalue weighted by atomic mass is 10.3. The number of para-hydroxylation sites is 1. The van der Waals surface area contributed by atoms with Gasteiger partial charge in [0.05, 0.1) is 5.69 Å². The molecule has 3 heteroatoms. The molecule has 3 nitrogen and oxygen atoms in total. The molecular formula is C10H12N2O. The minimum absolute atomic E-state index is 0.0983. The third kappa shape index (κ3) is 3.42. The standard InChI is InChI=1S/C10H12N2O/c1-2-6-10(13)12-11-9-7-4-3-5-8-9/h2-5,7-8,11H,1,6H2,(H,12,13). The predicted octanol–water partition coefficient (Wildman–Crippen LogP) is 1.71. The van der Waals surface area contributed by atoms with Crippen molar-refractivity contribution in [3.05, 3.63) is 43.0 Å². The molecule has 0 heterocycles. The molecule has 0 fully saturated rings. The fourth-order valence-corrected chi connectivity index (χ4v) is 0.845. The SMILES string of the molecule is C=CCC(=O)NNc1ccccc1. The number of benzene rings is 1. The Hall–Kier alpha value is -1.77. The van der Waals surface area contributed by atoms with Gasteiger partial charge in [0.15, 0.2) is 0 Å². The van der Waals surface area contributed by atoms with E-state index in [-0.39, 0.29) is 5.91 Å². The van der Waals surface area contributed by atoms with Gasteiger partial charge in [0.25, 0.3) is 0 Å². The van der Waals surface area contributed by atoms with E-state index in [4.69, 9.17) is 0 Å². The lowest BCUT2D eigenvalue weighted by Crippen LogP contribution is -2.28. The van der Waals surface area contributed by atoms with E-state index < -0.39 is 0 Å². The Morgan fingerprint density at radius 2 is 2.08 bits per heavy atom. The monoisotopic (exact) mass is 176 g/mol. The van der Waals surface area contributed by atoms with E-state index in [0.29, 0.717) is 6.42 Å². The predicted molar refractivity (Wildman–Crippen MR) is 53.0 cm³/mol. The fraction of sp³-hybridized carbons (Fsp3) is 0.100. The van der Waals surface area contributed by atoms with E-state index in [2.05, 4.69) is 17.4 Å². The molecule has 0 spiro atoms. The molecular weight excluding hydrogens is 164 g/mol. The number of carbonyl (C=O) groups excluding carboxylic acids is 1. The molecule has 1 aromatic rings. The maximum absolute atomic E-state index is 11.0. The zero-order chi connectivity index (χ0) is 9.52. The number of anilines is 1. The molecule has 68 valence electrons. The zero-order valence-electron chi connectivity index (χ0n) is 7.29. The minimum atomic E-state index is -0.0983. The highest BCUT2D eigenvalue weighted by Crippen LogP contribution is 2.02. The fourth-order valence-electron chi connectivity index (χ4n) is 0.845. The number of carbonyl (C=O) groups is 1. The molecule has 2 N–H and O–H groups in total. The molecule has 0 saturated carbocycles. The summed E-state index contributed by atoms with van der Waals surface area (Å²) in [5, 5.41) is 0. The highest BCUT2D eigenvalue weighted by Gasteiger charge is 1.95. The van der Waals surface area contributed by atoms with Crippen LogP contribution >= 0.6 is 0 Å². The topological polar surface area (TPSA) is 41.1 Å².